The molecular weight excluding hydrogens is 237 g/mol. The molecule has 0 spiro atoms. The summed E-state index contributed by atoms with van der Waals surface area (Å²) in [5, 5.41) is 8.76. The van der Waals surface area contributed by atoms with Crippen LogP contribution in [0.25, 0.3) is 0 Å². The molecular formula is C10H11F3N2O2. The van der Waals surface area contributed by atoms with E-state index < -0.39 is 23.4 Å². The third-order valence-corrected chi connectivity index (χ3v) is 2.18. The van der Waals surface area contributed by atoms with Crippen molar-refractivity contribution in [2.75, 3.05) is 0 Å². The predicted octanol–water partition coefficient (Wildman–Crippen LogP) is 1.44. The first kappa shape index (κ1) is 13.4. The molecule has 94 valence electrons. The van der Waals surface area contributed by atoms with E-state index in [1.165, 1.54) is 13.0 Å². The number of hydrogen-bond donors (Lipinski definition) is 2. The highest BCUT2D eigenvalue weighted by molar-refractivity contribution is 5.78. The molecule has 0 aliphatic heterocycles. The third kappa shape index (κ3) is 3.42. The maximum Gasteiger partial charge on any atom is 0.433 e. The van der Waals surface area contributed by atoms with Gasteiger partial charge in [-0.2, -0.15) is 13.2 Å². The second kappa shape index (κ2) is 4.33. The van der Waals surface area contributed by atoms with Crippen LogP contribution >= 0.6 is 0 Å². The van der Waals surface area contributed by atoms with Gasteiger partial charge in [0.15, 0.2) is 0 Å². The van der Waals surface area contributed by atoms with Crippen molar-refractivity contribution < 1.29 is 23.1 Å². The molecule has 0 fully saturated rings. The highest BCUT2D eigenvalue weighted by Crippen LogP contribution is 2.27. The molecule has 0 aliphatic carbocycles. The van der Waals surface area contributed by atoms with E-state index in [0.29, 0.717) is 5.56 Å². The first-order valence-electron chi connectivity index (χ1n) is 4.67. The van der Waals surface area contributed by atoms with Crippen LogP contribution in [-0.4, -0.2) is 21.6 Å². The molecule has 3 N–H and O–H groups in total. The fourth-order valence-electron chi connectivity index (χ4n) is 1.20. The van der Waals surface area contributed by atoms with E-state index in [2.05, 4.69) is 4.98 Å². The summed E-state index contributed by atoms with van der Waals surface area (Å²) in [7, 11) is 0. The van der Waals surface area contributed by atoms with E-state index in [1.54, 1.807) is 0 Å². The first-order chi connectivity index (χ1) is 7.63. The number of carbonyl (C=O) groups is 1. The highest BCUT2D eigenvalue weighted by atomic mass is 19.4. The first-order valence-corrected chi connectivity index (χ1v) is 4.67. The fraction of sp³-hybridized carbons (Fsp3) is 0.400. The summed E-state index contributed by atoms with van der Waals surface area (Å²) in [6.07, 6.45) is -3.61. The van der Waals surface area contributed by atoms with E-state index in [0.717, 1.165) is 12.3 Å². The number of carboxylic acid groups (broad SMARTS) is 1. The quantitative estimate of drug-likeness (QED) is 0.848. The van der Waals surface area contributed by atoms with Crippen molar-refractivity contribution in [3.05, 3.63) is 29.6 Å². The fourth-order valence-corrected chi connectivity index (χ4v) is 1.20. The number of nitrogens with zero attached hydrogens (tertiary/aromatic N) is 1. The number of aromatic nitrogens is 1. The van der Waals surface area contributed by atoms with Crippen molar-refractivity contribution in [2.24, 2.45) is 5.73 Å². The number of hydrogen-bond acceptors (Lipinski definition) is 3. The van der Waals surface area contributed by atoms with Crippen LogP contribution < -0.4 is 5.73 Å². The van der Waals surface area contributed by atoms with Crippen molar-refractivity contribution in [1.82, 2.24) is 4.98 Å². The van der Waals surface area contributed by atoms with Crippen LogP contribution in [0, 0.1) is 0 Å². The Morgan fingerprint density at radius 3 is 2.41 bits per heavy atom. The lowest BCUT2D eigenvalue weighted by molar-refractivity contribution is -0.143. The van der Waals surface area contributed by atoms with Gasteiger partial charge in [-0.15, -0.1) is 0 Å². The molecule has 0 radical (unpaired) electrons. The van der Waals surface area contributed by atoms with Crippen molar-refractivity contribution >= 4 is 5.97 Å². The average Bonchev–Trinajstić information content (AvgIpc) is 2.16. The summed E-state index contributed by atoms with van der Waals surface area (Å²) in [5.41, 5.74) is 3.26. The minimum absolute atomic E-state index is 0.0898. The lowest BCUT2D eigenvalue weighted by atomic mass is 9.95. The Morgan fingerprint density at radius 2 is 2.06 bits per heavy atom. The zero-order valence-electron chi connectivity index (χ0n) is 8.95. The van der Waals surface area contributed by atoms with E-state index >= 15 is 0 Å². The third-order valence-electron chi connectivity index (χ3n) is 2.18. The molecule has 1 atom stereocenters. The van der Waals surface area contributed by atoms with Gasteiger partial charge in [0, 0.05) is 12.6 Å². The minimum atomic E-state index is -4.50. The summed E-state index contributed by atoms with van der Waals surface area (Å²) in [6.45, 7) is 1.28. The molecule has 1 aromatic rings. The van der Waals surface area contributed by atoms with Crippen LogP contribution in [0.5, 0.6) is 0 Å². The van der Waals surface area contributed by atoms with E-state index in [4.69, 9.17) is 10.8 Å². The second-order valence-corrected chi connectivity index (χ2v) is 3.95. The number of halogens is 3. The van der Waals surface area contributed by atoms with Gasteiger partial charge in [0.05, 0.1) is 0 Å². The van der Waals surface area contributed by atoms with Gasteiger partial charge in [-0.05, 0) is 18.6 Å². The van der Waals surface area contributed by atoms with Crippen LogP contribution in [0.4, 0.5) is 13.2 Å². The number of alkyl halides is 3. The number of carboxylic acids is 1. The molecule has 1 heterocycles. The normalized spacial score (nSPS) is 15.4. The van der Waals surface area contributed by atoms with E-state index in [1.807, 2.05) is 0 Å². The van der Waals surface area contributed by atoms with Gasteiger partial charge in [0.2, 0.25) is 0 Å². The smallest absolute Gasteiger partial charge is 0.433 e. The largest absolute Gasteiger partial charge is 0.480 e. The van der Waals surface area contributed by atoms with Gasteiger partial charge in [0.1, 0.15) is 11.2 Å². The predicted molar refractivity (Wildman–Crippen MR) is 53.2 cm³/mol. The van der Waals surface area contributed by atoms with Crippen molar-refractivity contribution in [3.8, 4) is 0 Å². The molecule has 4 nitrogen and oxygen atoms in total. The summed E-state index contributed by atoms with van der Waals surface area (Å²) in [4.78, 5) is 13.9. The van der Waals surface area contributed by atoms with Gasteiger partial charge in [-0.1, -0.05) is 6.07 Å². The molecule has 1 unspecified atom stereocenters. The maximum atomic E-state index is 12.2. The lowest BCUT2D eigenvalue weighted by Gasteiger charge is -2.18. The molecule has 0 saturated carbocycles. The lowest BCUT2D eigenvalue weighted by Crippen LogP contribution is -2.46. The van der Waals surface area contributed by atoms with Crippen molar-refractivity contribution in [2.45, 2.75) is 25.1 Å². The summed E-state index contributed by atoms with van der Waals surface area (Å²) in [6, 6.07) is 1.97. The standard InChI is InChI=1S/C10H11F3N2O2/c1-9(14,8(16)17)4-6-2-3-7(15-5-6)10(11,12)13/h2-3,5H,4,14H2,1H3,(H,16,17). The zero-order chi connectivity index (χ0) is 13.3. The Hall–Kier alpha value is -1.63. The molecule has 17 heavy (non-hydrogen) atoms. The van der Waals surface area contributed by atoms with Crippen molar-refractivity contribution in [3.63, 3.8) is 0 Å². The van der Waals surface area contributed by atoms with Crippen molar-refractivity contribution in [1.29, 1.82) is 0 Å². The maximum absolute atomic E-state index is 12.2. The van der Waals surface area contributed by atoms with Crippen LogP contribution in [0.15, 0.2) is 18.3 Å². The molecule has 0 aromatic carbocycles. The number of rotatable bonds is 3. The Labute approximate surface area is 95.3 Å². The Bertz CT molecular complexity index is 413. The highest BCUT2D eigenvalue weighted by Gasteiger charge is 2.33. The topological polar surface area (TPSA) is 76.2 Å². The van der Waals surface area contributed by atoms with Gasteiger partial charge in [-0.3, -0.25) is 9.78 Å². The minimum Gasteiger partial charge on any atom is -0.480 e. The van der Waals surface area contributed by atoms with Crippen LogP contribution in [0.1, 0.15) is 18.2 Å². The van der Waals surface area contributed by atoms with Gasteiger partial charge < -0.3 is 10.8 Å². The Kier molecular flexibility index (Phi) is 3.42. The Balaban J connectivity index is 2.86. The summed E-state index contributed by atoms with van der Waals surface area (Å²) in [5.74, 6) is -1.22. The van der Waals surface area contributed by atoms with Crippen LogP contribution in [0.3, 0.4) is 0 Å². The number of aliphatic carboxylic acids is 1. The molecule has 1 aromatic heterocycles. The average molecular weight is 248 g/mol. The molecule has 0 bridgehead atoms. The molecule has 7 heteroatoms. The van der Waals surface area contributed by atoms with Gasteiger partial charge in [0.25, 0.3) is 0 Å². The SMILES string of the molecule is CC(N)(Cc1ccc(C(F)(F)F)nc1)C(=O)O. The summed E-state index contributed by atoms with van der Waals surface area (Å²) >= 11 is 0. The van der Waals surface area contributed by atoms with Crippen LogP contribution in [-0.2, 0) is 17.4 Å². The van der Waals surface area contributed by atoms with E-state index in [9.17, 15) is 18.0 Å². The summed E-state index contributed by atoms with van der Waals surface area (Å²) < 4.78 is 36.6. The monoisotopic (exact) mass is 248 g/mol. The van der Waals surface area contributed by atoms with E-state index in [-0.39, 0.29) is 6.42 Å². The molecule has 0 amide bonds. The van der Waals surface area contributed by atoms with Gasteiger partial charge >= 0.3 is 12.1 Å². The molecule has 0 aliphatic rings. The molecule has 0 saturated heterocycles. The number of nitrogens with two attached hydrogens (primary N) is 1. The second-order valence-electron chi connectivity index (χ2n) is 3.95. The number of pyridine rings is 1. The Morgan fingerprint density at radius 1 is 1.47 bits per heavy atom. The van der Waals surface area contributed by atoms with Gasteiger partial charge in [-0.25, -0.2) is 0 Å². The zero-order valence-corrected chi connectivity index (χ0v) is 8.95. The molecule has 1 rings (SSSR count). The van der Waals surface area contributed by atoms with Crippen LogP contribution in [0.2, 0.25) is 0 Å².